The first-order valence-corrected chi connectivity index (χ1v) is 9.42. The number of fused-ring (bicyclic) bond motifs is 1. The van der Waals surface area contributed by atoms with Crippen LogP contribution in [0.2, 0.25) is 0 Å². The lowest BCUT2D eigenvalue weighted by atomic mass is 10.0. The second-order valence-corrected chi connectivity index (χ2v) is 7.11. The summed E-state index contributed by atoms with van der Waals surface area (Å²) in [6.45, 7) is 1.95. The molecule has 0 saturated heterocycles. The van der Waals surface area contributed by atoms with Gasteiger partial charge in [-0.1, -0.05) is 36.4 Å². The van der Waals surface area contributed by atoms with E-state index in [-0.39, 0.29) is 18.4 Å². The van der Waals surface area contributed by atoms with Crippen molar-refractivity contribution in [1.82, 2.24) is 5.32 Å². The number of aryl methyl sites for hydroxylation is 1. The van der Waals surface area contributed by atoms with Gasteiger partial charge in [0.15, 0.2) is 6.61 Å². The molecule has 1 fully saturated rings. The number of amides is 2. The Morgan fingerprint density at radius 3 is 2.54 bits per heavy atom. The van der Waals surface area contributed by atoms with E-state index in [4.69, 9.17) is 4.74 Å². The molecule has 28 heavy (non-hydrogen) atoms. The van der Waals surface area contributed by atoms with Gasteiger partial charge in [-0.25, -0.2) is 0 Å². The predicted octanol–water partition coefficient (Wildman–Crippen LogP) is 4.06. The molecule has 4 rings (SSSR count). The molecule has 5 nitrogen and oxygen atoms in total. The highest BCUT2D eigenvalue weighted by Gasteiger charge is 2.23. The number of nitrogens with one attached hydrogen (secondary N) is 2. The molecule has 3 aromatic carbocycles. The molecule has 2 amide bonds. The molecule has 0 atom stereocenters. The number of benzene rings is 3. The van der Waals surface area contributed by atoms with Crippen molar-refractivity contribution in [3.05, 3.63) is 71.8 Å². The first kappa shape index (κ1) is 18.0. The second kappa shape index (κ2) is 7.72. The lowest BCUT2D eigenvalue weighted by molar-refractivity contribution is -0.123. The number of rotatable bonds is 6. The maximum atomic E-state index is 12.8. The fourth-order valence-corrected chi connectivity index (χ4v) is 3.16. The standard InChI is InChI=1S/C23H22N2O3/c1-15-5-4-6-17(13-15)25-23(27)20-11-12-21(19-8-3-2-7-18(19)20)28-14-22(26)24-16-9-10-16/h2-8,11-13,16H,9-10,14H2,1H3,(H,24,26)(H,25,27). The average molecular weight is 374 g/mol. The Kier molecular flexibility index (Phi) is 4.98. The SMILES string of the molecule is Cc1cccc(NC(=O)c2ccc(OCC(=O)NC3CC3)c3ccccc23)c1. The summed E-state index contributed by atoms with van der Waals surface area (Å²) >= 11 is 0. The van der Waals surface area contributed by atoms with Crippen LogP contribution in [0.15, 0.2) is 60.7 Å². The highest BCUT2D eigenvalue weighted by molar-refractivity contribution is 6.14. The zero-order valence-corrected chi connectivity index (χ0v) is 15.7. The topological polar surface area (TPSA) is 67.4 Å². The number of anilines is 1. The Hall–Kier alpha value is -3.34. The third-order valence-corrected chi connectivity index (χ3v) is 4.71. The van der Waals surface area contributed by atoms with Crippen molar-refractivity contribution in [2.45, 2.75) is 25.8 Å². The third-order valence-electron chi connectivity index (χ3n) is 4.71. The van der Waals surface area contributed by atoms with Gasteiger partial charge in [0, 0.05) is 22.7 Å². The Balaban J connectivity index is 1.56. The van der Waals surface area contributed by atoms with Crippen molar-refractivity contribution in [1.29, 1.82) is 0 Å². The number of ether oxygens (including phenoxy) is 1. The smallest absolute Gasteiger partial charge is 0.258 e. The van der Waals surface area contributed by atoms with Gasteiger partial charge in [0.25, 0.3) is 11.8 Å². The summed E-state index contributed by atoms with van der Waals surface area (Å²) < 4.78 is 5.73. The summed E-state index contributed by atoms with van der Waals surface area (Å²) in [6, 6.07) is 19.0. The highest BCUT2D eigenvalue weighted by Crippen LogP contribution is 2.29. The largest absolute Gasteiger partial charge is 0.483 e. The minimum absolute atomic E-state index is 0.0324. The van der Waals surface area contributed by atoms with Crippen LogP contribution in [-0.2, 0) is 4.79 Å². The highest BCUT2D eigenvalue weighted by atomic mass is 16.5. The Bertz CT molecular complexity index is 1040. The average Bonchev–Trinajstić information content (AvgIpc) is 3.50. The van der Waals surface area contributed by atoms with E-state index in [1.807, 2.05) is 55.5 Å². The van der Waals surface area contributed by atoms with Crippen molar-refractivity contribution < 1.29 is 14.3 Å². The number of carbonyl (C=O) groups is 2. The molecule has 142 valence electrons. The molecule has 0 unspecified atom stereocenters. The van der Waals surface area contributed by atoms with E-state index in [1.165, 1.54) is 0 Å². The minimum Gasteiger partial charge on any atom is -0.483 e. The summed E-state index contributed by atoms with van der Waals surface area (Å²) in [5, 5.41) is 7.44. The van der Waals surface area contributed by atoms with Gasteiger partial charge in [0.2, 0.25) is 0 Å². The predicted molar refractivity (Wildman–Crippen MR) is 110 cm³/mol. The summed E-state index contributed by atoms with van der Waals surface area (Å²) in [4.78, 5) is 24.7. The van der Waals surface area contributed by atoms with Crippen LogP contribution in [0, 0.1) is 6.92 Å². The van der Waals surface area contributed by atoms with E-state index >= 15 is 0 Å². The quantitative estimate of drug-likeness (QED) is 0.684. The lowest BCUT2D eigenvalue weighted by Gasteiger charge is -2.13. The number of hydrogen-bond acceptors (Lipinski definition) is 3. The summed E-state index contributed by atoms with van der Waals surface area (Å²) in [5.41, 5.74) is 2.40. The minimum atomic E-state index is -0.181. The van der Waals surface area contributed by atoms with Crippen LogP contribution in [0.4, 0.5) is 5.69 Å². The third kappa shape index (κ3) is 4.14. The van der Waals surface area contributed by atoms with Crippen LogP contribution in [0.25, 0.3) is 10.8 Å². The van der Waals surface area contributed by atoms with Gasteiger partial charge in [-0.05, 0) is 55.0 Å². The molecule has 0 bridgehead atoms. The van der Waals surface area contributed by atoms with Crippen LogP contribution < -0.4 is 15.4 Å². The van der Waals surface area contributed by atoms with Crippen LogP contribution in [-0.4, -0.2) is 24.5 Å². The van der Waals surface area contributed by atoms with Gasteiger partial charge in [0.1, 0.15) is 5.75 Å². The normalized spacial score (nSPS) is 13.2. The molecule has 0 aliphatic heterocycles. The van der Waals surface area contributed by atoms with Crippen molar-refractivity contribution >= 4 is 28.3 Å². The van der Waals surface area contributed by atoms with Gasteiger partial charge in [-0.2, -0.15) is 0 Å². The number of hydrogen-bond donors (Lipinski definition) is 2. The van der Waals surface area contributed by atoms with E-state index in [9.17, 15) is 9.59 Å². The zero-order valence-electron chi connectivity index (χ0n) is 15.7. The van der Waals surface area contributed by atoms with Crippen molar-refractivity contribution in [3.63, 3.8) is 0 Å². The van der Waals surface area contributed by atoms with Crippen molar-refractivity contribution in [3.8, 4) is 5.75 Å². The summed E-state index contributed by atoms with van der Waals surface area (Å²) in [7, 11) is 0. The molecule has 1 saturated carbocycles. The van der Waals surface area contributed by atoms with Crippen molar-refractivity contribution in [2.24, 2.45) is 0 Å². The van der Waals surface area contributed by atoms with Gasteiger partial charge in [0.05, 0.1) is 0 Å². The lowest BCUT2D eigenvalue weighted by Crippen LogP contribution is -2.30. The molecule has 0 spiro atoms. The number of carbonyl (C=O) groups excluding carboxylic acids is 2. The first-order chi connectivity index (χ1) is 13.6. The summed E-state index contributed by atoms with van der Waals surface area (Å²) in [5.74, 6) is 0.293. The Morgan fingerprint density at radius 2 is 1.79 bits per heavy atom. The van der Waals surface area contributed by atoms with Crippen LogP contribution >= 0.6 is 0 Å². The van der Waals surface area contributed by atoms with Gasteiger partial charge in [-0.15, -0.1) is 0 Å². The maximum Gasteiger partial charge on any atom is 0.258 e. The van der Waals surface area contributed by atoms with Crippen molar-refractivity contribution in [2.75, 3.05) is 11.9 Å². The van der Waals surface area contributed by atoms with E-state index in [1.54, 1.807) is 12.1 Å². The zero-order chi connectivity index (χ0) is 19.5. The van der Waals surface area contributed by atoms with E-state index in [2.05, 4.69) is 10.6 Å². The maximum absolute atomic E-state index is 12.8. The van der Waals surface area contributed by atoms with Crippen LogP contribution in [0.3, 0.4) is 0 Å². The van der Waals surface area contributed by atoms with Crippen LogP contribution in [0.1, 0.15) is 28.8 Å². The molecule has 2 N–H and O–H groups in total. The van der Waals surface area contributed by atoms with E-state index in [0.29, 0.717) is 17.4 Å². The van der Waals surface area contributed by atoms with E-state index in [0.717, 1.165) is 34.9 Å². The molecular formula is C23H22N2O3. The molecule has 1 aliphatic rings. The molecule has 1 aliphatic carbocycles. The van der Waals surface area contributed by atoms with Gasteiger partial charge < -0.3 is 15.4 Å². The molecule has 3 aromatic rings. The molecule has 0 aromatic heterocycles. The molecule has 0 heterocycles. The second-order valence-electron chi connectivity index (χ2n) is 7.11. The molecule has 0 radical (unpaired) electrons. The van der Waals surface area contributed by atoms with Crippen LogP contribution in [0.5, 0.6) is 5.75 Å². The molecular weight excluding hydrogens is 352 g/mol. The fourth-order valence-electron chi connectivity index (χ4n) is 3.16. The first-order valence-electron chi connectivity index (χ1n) is 9.42. The Labute approximate surface area is 163 Å². The monoisotopic (exact) mass is 374 g/mol. The fraction of sp³-hybridized carbons (Fsp3) is 0.217. The summed E-state index contributed by atoms with van der Waals surface area (Å²) in [6.07, 6.45) is 2.08. The Morgan fingerprint density at radius 1 is 1.00 bits per heavy atom. The van der Waals surface area contributed by atoms with E-state index < -0.39 is 0 Å². The molecule has 5 heteroatoms. The van der Waals surface area contributed by atoms with Gasteiger partial charge in [-0.3, -0.25) is 9.59 Å². The van der Waals surface area contributed by atoms with Gasteiger partial charge >= 0.3 is 0 Å².